The van der Waals surface area contributed by atoms with Crippen LogP contribution in [0.15, 0.2) is 46.1 Å². The number of amides is 1. The molecule has 0 bridgehead atoms. The number of nitrogens with one attached hydrogen (secondary N) is 2. The highest BCUT2D eigenvalue weighted by molar-refractivity contribution is 5.94. The van der Waals surface area contributed by atoms with Crippen molar-refractivity contribution >= 4 is 11.9 Å². The molecule has 2 aromatic rings. The van der Waals surface area contributed by atoms with Gasteiger partial charge in [-0.05, 0) is 12.1 Å². The van der Waals surface area contributed by atoms with Gasteiger partial charge in [-0.3, -0.25) is 14.7 Å². The summed E-state index contributed by atoms with van der Waals surface area (Å²) in [6, 6.07) is 7.82. The second-order valence-electron chi connectivity index (χ2n) is 6.46. The standard InChI is InChI=1S/C19H25FN6O2/c1-21-19(23-8-7-22-18(27)16-4-2-3-5-17(16)20)26-11-9-25(10-12-26)14-15-6-13-28-24-15/h2-6,13H,7-12,14H2,1H3,(H,21,23)(H,22,27). The molecule has 1 aliphatic rings. The van der Waals surface area contributed by atoms with E-state index in [1.165, 1.54) is 12.1 Å². The zero-order valence-corrected chi connectivity index (χ0v) is 15.9. The Kier molecular flexibility index (Phi) is 6.96. The highest BCUT2D eigenvalue weighted by atomic mass is 19.1. The Morgan fingerprint density at radius 3 is 2.61 bits per heavy atom. The average Bonchev–Trinajstić information content (AvgIpc) is 3.22. The van der Waals surface area contributed by atoms with E-state index in [1.807, 2.05) is 6.07 Å². The summed E-state index contributed by atoms with van der Waals surface area (Å²) in [6.45, 7) is 5.15. The van der Waals surface area contributed by atoms with Crippen LogP contribution in [-0.4, -0.2) is 73.1 Å². The van der Waals surface area contributed by atoms with Gasteiger partial charge < -0.3 is 20.1 Å². The summed E-state index contributed by atoms with van der Waals surface area (Å²) in [5.74, 6) is -0.148. The number of hydrogen-bond acceptors (Lipinski definition) is 5. The van der Waals surface area contributed by atoms with E-state index in [-0.39, 0.29) is 5.56 Å². The van der Waals surface area contributed by atoms with Crippen molar-refractivity contribution in [2.45, 2.75) is 6.54 Å². The quantitative estimate of drug-likeness (QED) is 0.435. The summed E-state index contributed by atoms with van der Waals surface area (Å²) in [7, 11) is 1.74. The van der Waals surface area contributed by atoms with Crippen molar-refractivity contribution < 1.29 is 13.7 Å². The summed E-state index contributed by atoms with van der Waals surface area (Å²) < 4.78 is 18.5. The summed E-state index contributed by atoms with van der Waals surface area (Å²) >= 11 is 0. The van der Waals surface area contributed by atoms with E-state index in [2.05, 4.69) is 30.6 Å². The number of nitrogens with zero attached hydrogens (tertiary/aromatic N) is 4. The maximum atomic E-state index is 13.6. The van der Waals surface area contributed by atoms with Gasteiger partial charge in [0.2, 0.25) is 0 Å². The van der Waals surface area contributed by atoms with Crippen LogP contribution in [-0.2, 0) is 6.54 Å². The van der Waals surface area contributed by atoms with Gasteiger partial charge in [-0.25, -0.2) is 4.39 Å². The fourth-order valence-corrected chi connectivity index (χ4v) is 3.09. The number of aromatic nitrogens is 1. The Balaban J connectivity index is 1.38. The Labute approximate surface area is 163 Å². The number of carbonyl (C=O) groups is 1. The number of aliphatic imine (C=N–C) groups is 1. The molecule has 3 rings (SSSR count). The smallest absolute Gasteiger partial charge is 0.254 e. The molecule has 0 aliphatic carbocycles. The summed E-state index contributed by atoms with van der Waals surface area (Å²) in [4.78, 5) is 20.8. The van der Waals surface area contributed by atoms with E-state index in [1.54, 1.807) is 25.4 Å². The van der Waals surface area contributed by atoms with Crippen molar-refractivity contribution in [1.29, 1.82) is 0 Å². The molecular weight excluding hydrogens is 363 g/mol. The lowest BCUT2D eigenvalue weighted by Crippen LogP contribution is -2.53. The highest BCUT2D eigenvalue weighted by Gasteiger charge is 2.20. The van der Waals surface area contributed by atoms with E-state index in [0.717, 1.165) is 44.4 Å². The fraction of sp³-hybridized carbons (Fsp3) is 0.421. The molecule has 8 nitrogen and oxygen atoms in total. The number of piperazine rings is 1. The molecule has 2 N–H and O–H groups in total. The van der Waals surface area contributed by atoms with Gasteiger partial charge in [0.05, 0.1) is 11.3 Å². The van der Waals surface area contributed by atoms with Gasteiger partial charge in [0.15, 0.2) is 5.96 Å². The molecule has 0 saturated carbocycles. The fourth-order valence-electron chi connectivity index (χ4n) is 3.09. The molecular formula is C19H25FN6O2. The van der Waals surface area contributed by atoms with Crippen LogP contribution in [0.5, 0.6) is 0 Å². The van der Waals surface area contributed by atoms with Crippen LogP contribution < -0.4 is 10.6 Å². The van der Waals surface area contributed by atoms with Gasteiger partial charge in [-0.2, -0.15) is 0 Å². The van der Waals surface area contributed by atoms with Gasteiger partial charge in [0.1, 0.15) is 12.1 Å². The van der Waals surface area contributed by atoms with Crippen molar-refractivity contribution in [2.75, 3.05) is 46.3 Å². The maximum Gasteiger partial charge on any atom is 0.254 e. The molecule has 1 amide bonds. The Morgan fingerprint density at radius 1 is 1.18 bits per heavy atom. The molecule has 1 fully saturated rings. The van der Waals surface area contributed by atoms with Gasteiger partial charge >= 0.3 is 0 Å². The predicted molar refractivity (Wildman–Crippen MR) is 103 cm³/mol. The largest absolute Gasteiger partial charge is 0.364 e. The number of carbonyl (C=O) groups excluding carboxylic acids is 1. The Hall–Kier alpha value is -2.94. The van der Waals surface area contributed by atoms with Crippen molar-refractivity contribution in [3.05, 3.63) is 53.7 Å². The van der Waals surface area contributed by atoms with Crippen LogP contribution in [0.4, 0.5) is 4.39 Å². The van der Waals surface area contributed by atoms with E-state index < -0.39 is 11.7 Å². The van der Waals surface area contributed by atoms with Crippen molar-refractivity contribution in [2.24, 2.45) is 4.99 Å². The molecule has 1 aromatic carbocycles. The van der Waals surface area contributed by atoms with Gasteiger partial charge in [0.25, 0.3) is 5.91 Å². The third kappa shape index (κ3) is 5.29. The Bertz CT molecular complexity index is 787. The van der Waals surface area contributed by atoms with E-state index in [4.69, 9.17) is 4.52 Å². The summed E-state index contributed by atoms with van der Waals surface area (Å²) in [6.07, 6.45) is 1.59. The number of halogens is 1. The molecule has 1 aromatic heterocycles. The van der Waals surface area contributed by atoms with Gasteiger partial charge in [-0.15, -0.1) is 0 Å². The first-order valence-electron chi connectivity index (χ1n) is 9.27. The third-order valence-electron chi connectivity index (χ3n) is 4.57. The van der Waals surface area contributed by atoms with E-state index >= 15 is 0 Å². The first-order chi connectivity index (χ1) is 13.7. The molecule has 0 radical (unpaired) electrons. The van der Waals surface area contributed by atoms with Crippen LogP contribution in [0, 0.1) is 5.82 Å². The lowest BCUT2D eigenvalue weighted by Gasteiger charge is -2.36. The molecule has 1 saturated heterocycles. The number of benzene rings is 1. The first-order valence-corrected chi connectivity index (χ1v) is 9.27. The van der Waals surface area contributed by atoms with E-state index in [9.17, 15) is 9.18 Å². The van der Waals surface area contributed by atoms with Gasteiger partial charge in [-0.1, -0.05) is 17.3 Å². The van der Waals surface area contributed by atoms with E-state index in [0.29, 0.717) is 13.1 Å². The highest BCUT2D eigenvalue weighted by Crippen LogP contribution is 2.07. The second kappa shape index (κ2) is 9.84. The number of rotatable bonds is 6. The lowest BCUT2D eigenvalue weighted by atomic mass is 10.2. The van der Waals surface area contributed by atoms with Crippen LogP contribution in [0.3, 0.4) is 0 Å². The SMILES string of the molecule is CN=C(NCCNC(=O)c1ccccc1F)N1CCN(Cc2ccon2)CC1. The molecule has 9 heteroatoms. The van der Waals surface area contributed by atoms with Crippen LogP contribution in [0.25, 0.3) is 0 Å². The second-order valence-corrected chi connectivity index (χ2v) is 6.46. The summed E-state index contributed by atoms with van der Waals surface area (Å²) in [5, 5.41) is 9.91. The molecule has 0 atom stereocenters. The average molecular weight is 388 g/mol. The monoisotopic (exact) mass is 388 g/mol. The molecule has 28 heavy (non-hydrogen) atoms. The molecule has 150 valence electrons. The van der Waals surface area contributed by atoms with Crippen LogP contribution in [0.1, 0.15) is 16.1 Å². The van der Waals surface area contributed by atoms with Crippen LogP contribution >= 0.6 is 0 Å². The topological polar surface area (TPSA) is 86.0 Å². The lowest BCUT2D eigenvalue weighted by molar-refractivity contribution is 0.0950. The predicted octanol–water partition coefficient (Wildman–Crippen LogP) is 0.937. The number of guanidine groups is 1. The Morgan fingerprint density at radius 2 is 1.93 bits per heavy atom. The normalized spacial score (nSPS) is 15.5. The third-order valence-corrected chi connectivity index (χ3v) is 4.57. The minimum Gasteiger partial charge on any atom is -0.364 e. The van der Waals surface area contributed by atoms with Crippen molar-refractivity contribution in [3.8, 4) is 0 Å². The van der Waals surface area contributed by atoms with Crippen molar-refractivity contribution in [3.63, 3.8) is 0 Å². The minimum atomic E-state index is -0.521. The zero-order valence-electron chi connectivity index (χ0n) is 15.9. The summed E-state index contributed by atoms with van der Waals surface area (Å²) in [5.41, 5.74) is 0.983. The van der Waals surface area contributed by atoms with Crippen LogP contribution in [0.2, 0.25) is 0 Å². The maximum absolute atomic E-state index is 13.6. The van der Waals surface area contributed by atoms with Crippen molar-refractivity contribution in [1.82, 2.24) is 25.6 Å². The minimum absolute atomic E-state index is 0.0510. The molecule has 1 aliphatic heterocycles. The zero-order chi connectivity index (χ0) is 19.8. The van der Waals surface area contributed by atoms with Gasteiger partial charge in [0, 0.05) is 58.9 Å². The molecule has 2 heterocycles. The molecule has 0 unspecified atom stereocenters. The first kappa shape index (κ1) is 19.8. The molecule has 0 spiro atoms. The number of hydrogen-bond donors (Lipinski definition) is 2.